The molecule has 3 rings (SSSR count). The highest BCUT2D eigenvalue weighted by Crippen LogP contribution is 2.44. The zero-order valence-electron chi connectivity index (χ0n) is 10.5. The Labute approximate surface area is 103 Å². The molecule has 0 aliphatic heterocycles. The van der Waals surface area contributed by atoms with E-state index in [2.05, 4.69) is 17.4 Å². The lowest BCUT2D eigenvalue weighted by molar-refractivity contribution is 0.346. The van der Waals surface area contributed by atoms with Gasteiger partial charge in [0.05, 0.1) is 7.11 Å². The first-order valence-electron chi connectivity index (χ1n) is 6.72. The largest absolute Gasteiger partial charge is 0.496 e. The summed E-state index contributed by atoms with van der Waals surface area (Å²) in [4.78, 5) is 0. The second kappa shape index (κ2) is 4.69. The number of ether oxygens (including phenoxy) is 1. The molecule has 2 aliphatic rings. The summed E-state index contributed by atoms with van der Waals surface area (Å²) in [6.07, 6.45) is 5.76. The number of benzene rings is 1. The van der Waals surface area contributed by atoms with Crippen molar-refractivity contribution in [3.05, 3.63) is 29.8 Å². The molecule has 0 radical (unpaired) electrons. The monoisotopic (exact) mass is 231 g/mol. The van der Waals surface area contributed by atoms with Crippen molar-refractivity contribution < 1.29 is 4.74 Å². The predicted octanol–water partition coefficient (Wildman–Crippen LogP) is 2.97. The molecule has 3 atom stereocenters. The van der Waals surface area contributed by atoms with Crippen LogP contribution in [-0.4, -0.2) is 13.2 Å². The van der Waals surface area contributed by atoms with Gasteiger partial charge in [0.2, 0.25) is 0 Å². The molecule has 1 N–H and O–H groups in total. The van der Waals surface area contributed by atoms with Gasteiger partial charge in [-0.25, -0.2) is 0 Å². The van der Waals surface area contributed by atoms with Crippen LogP contribution >= 0.6 is 0 Å². The molecule has 2 bridgehead atoms. The Morgan fingerprint density at radius 1 is 1.24 bits per heavy atom. The van der Waals surface area contributed by atoms with E-state index in [4.69, 9.17) is 4.74 Å². The van der Waals surface area contributed by atoms with Crippen molar-refractivity contribution in [2.24, 2.45) is 11.8 Å². The molecular formula is C15H21NO. The Bertz CT molecular complexity index is 390. The summed E-state index contributed by atoms with van der Waals surface area (Å²) in [5.74, 6) is 2.95. The highest BCUT2D eigenvalue weighted by Gasteiger charge is 2.38. The van der Waals surface area contributed by atoms with Crippen molar-refractivity contribution in [3.63, 3.8) is 0 Å². The molecular weight excluding hydrogens is 210 g/mol. The van der Waals surface area contributed by atoms with Crippen LogP contribution in [0.25, 0.3) is 0 Å². The first-order valence-corrected chi connectivity index (χ1v) is 6.72. The summed E-state index contributed by atoms with van der Waals surface area (Å²) in [7, 11) is 1.75. The maximum absolute atomic E-state index is 5.38. The van der Waals surface area contributed by atoms with E-state index in [9.17, 15) is 0 Å². The summed E-state index contributed by atoms with van der Waals surface area (Å²) in [5.41, 5.74) is 1.28. The third kappa shape index (κ3) is 2.19. The minimum absolute atomic E-state index is 0.749. The molecule has 2 nitrogen and oxygen atoms in total. The Kier molecular flexibility index (Phi) is 3.06. The van der Waals surface area contributed by atoms with Gasteiger partial charge in [0, 0.05) is 18.2 Å². The number of rotatable bonds is 4. The summed E-state index contributed by atoms with van der Waals surface area (Å²) >= 11 is 0. The molecule has 2 saturated carbocycles. The van der Waals surface area contributed by atoms with Gasteiger partial charge < -0.3 is 10.1 Å². The van der Waals surface area contributed by atoms with Gasteiger partial charge in [0.25, 0.3) is 0 Å². The van der Waals surface area contributed by atoms with E-state index in [1.807, 2.05) is 12.1 Å². The van der Waals surface area contributed by atoms with Gasteiger partial charge in [0.15, 0.2) is 0 Å². The molecule has 0 spiro atoms. The Balaban J connectivity index is 1.60. The lowest BCUT2D eigenvalue weighted by atomic mass is 9.95. The van der Waals surface area contributed by atoms with Crippen molar-refractivity contribution in [1.29, 1.82) is 0 Å². The van der Waals surface area contributed by atoms with Crippen molar-refractivity contribution in [3.8, 4) is 5.75 Å². The molecule has 2 aliphatic carbocycles. The molecule has 0 aromatic heterocycles. The van der Waals surface area contributed by atoms with Gasteiger partial charge in [-0.05, 0) is 37.2 Å². The molecule has 92 valence electrons. The average molecular weight is 231 g/mol. The first kappa shape index (κ1) is 11.1. The number of hydrogen-bond donors (Lipinski definition) is 1. The van der Waals surface area contributed by atoms with Gasteiger partial charge in [0.1, 0.15) is 5.75 Å². The maximum atomic E-state index is 5.38. The third-order valence-corrected chi connectivity index (χ3v) is 4.49. The standard InChI is InChI=1S/C15H21NO/c1-17-15-5-3-2-4-13(15)10-16-14-9-11-6-7-12(14)8-11/h2-5,11-12,14,16H,6-10H2,1H3. The molecule has 0 amide bonds. The van der Waals surface area contributed by atoms with E-state index in [0.29, 0.717) is 0 Å². The molecule has 2 fully saturated rings. The van der Waals surface area contributed by atoms with E-state index in [0.717, 1.165) is 30.2 Å². The first-order chi connectivity index (χ1) is 8.36. The summed E-state index contributed by atoms with van der Waals surface area (Å²) in [6.45, 7) is 0.942. The Morgan fingerprint density at radius 2 is 2.12 bits per heavy atom. The van der Waals surface area contributed by atoms with Crippen LogP contribution in [0.1, 0.15) is 31.2 Å². The Morgan fingerprint density at radius 3 is 2.82 bits per heavy atom. The quantitative estimate of drug-likeness (QED) is 0.860. The highest BCUT2D eigenvalue weighted by atomic mass is 16.5. The molecule has 2 heteroatoms. The van der Waals surface area contributed by atoms with Crippen LogP contribution in [0, 0.1) is 11.8 Å². The zero-order valence-corrected chi connectivity index (χ0v) is 10.5. The van der Waals surface area contributed by atoms with Crippen LogP contribution in [0.5, 0.6) is 5.75 Å². The summed E-state index contributed by atoms with van der Waals surface area (Å²) < 4.78 is 5.38. The van der Waals surface area contributed by atoms with Crippen molar-refractivity contribution in [2.75, 3.05) is 7.11 Å². The fourth-order valence-electron chi connectivity index (χ4n) is 3.58. The fourth-order valence-corrected chi connectivity index (χ4v) is 3.58. The van der Waals surface area contributed by atoms with Gasteiger partial charge >= 0.3 is 0 Å². The zero-order chi connectivity index (χ0) is 11.7. The minimum atomic E-state index is 0.749. The van der Waals surface area contributed by atoms with E-state index < -0.39 is 0 Å². The van der Waals surface area contributed by atoms with E-state index in [-0.39, 0.29) is 0 Å². The number of nitrogens with one attached hydrogen (secondary N) is 1. The van der Waals surface area contributed by atoms with E-state index in [1.165, 1.54) is 31.2 Å². The van der Waals surface area contributed by atoms with Gasteiger partial charge in [-0.15, -0.1) is 0 Å². The minimum Gasteiger partial charge on any atom is -0.496 e. The average Bonchev–Trinajstić information content (AvgIpc) is 2.98. The second-order valence-electron chi connectivity index (χ2n) is 5.47. The second-order valence-corrected chi connectivity index (χ2v) is 5.47. The molecule has 0 saturated heterocycles. The van der Waals surface area contributed by atoms with Gasteiger partial charge in [-0.1, -0.05) is 24.6 Å². The van der Waals surface area contributed by atoms with Gasteiger partial charge in [-0.2, -0.15) is 0 Å². The molecule has 1 aromatic carbocycles. The van der Waals surface area contributed by atoms with Crippen LogP contribution in [0.15, 0.2) is 24.3 Å². The van der Waals surface area contributed by atoms with E-state index in [1.54, 1.807) is 7.11 Å². The number of methoxy groups -OCH3 is 1. The van der Waals surface area contributed by atoms with Crippen molar-refractivity contribution >= 4 is 0 Å². The molecule has 17 heavy (non-hydrogen) atoms. The molecule has 3 unspecified atom stereocenters. The maximum Gasteiger partial charge on any atom is 0.123 e. The number of fused-ring (bicyclic) bond motifs is 2. The summed E-state index contributed by atoms with van der Waals surface area (Å²) in [6, 6.07) is 9.05. The van der Waals surface area contributed by atoms with Crippen LogP contribution in [0.3, 0.4) is 0 Å². The lowest BCUT2D eigenvalue weighted by Crippen LogP contribution is -2.33. The van der Waals surface area contributed by atoms with Crippen LogP contribution in [0.4, 0.5) is 0 Å². The smallest absolute Gasteiger partial charge is 0.123 e. The van der Waals surface area contributed by atoms with E-state index >= 15 is 0 Å². The van der Waals surface area contributed by atoms with Crippen LogP contribution < -0.4 is 10.1 Å². The number of hydrogen-bond acceptors (Lipinski definition) is 2. The fraction of sp³-hybridized carbons (Fsp3) is 0.600. The van der Waals surface area contributed by atoms with Crippen molar-refractivity contribution in [2.45, 2.75) is 38.3 Å². The van der Waals surface area contributed by atoms with Gasteiger partial charge in [-0.3, -0.25) is 0 Å². The summed E-state index contributed by atoms with van der Waals surface area (Å²) in [5, 5.41) is 3.72. The van der Waals surface area contributed by atoms with Crippen LogP contribution in [-0.2, 0) is 6.54 Å². The topological polar surface area (TPSA) is 21.3 Å². The lowest BCUT2D eigenvalue weighted by Gasteiger charge is -2.23. The molecule has 1 aromatic rings. The predicted molar refractivity (Wildman–Crippen MR) is 69.1 cm³/mol. The SMILES string of the molecule is COc1ccccc1CNC1CC2CCC1C2. The van der Waals surface area contributed by atoms with Crippen LogP contribution in [0.2, 0.25) is 0 Å². The number of para-hydroxylation sites is 1. The van der Waals surface area contributed by atoms with Crippen molar-refractivity contribution in [1.82, 2.24) is 5.32 Å². The molecule has 0 heterocycles. The normalized spacial score (nSPS) is 30.8. The highest BCUT2D eigenvalue weighted by molar-refractivity contribution is 5.33. The third-order valence-electron chi connectivity index (χ3n) is 4.49. The Hall–Kier alpha value is -1.02.